The molecule has 3 heterocycles. The van der Waals surface area contributed by atoms with Crippen LogP contribution in [0.3, 0.4) is 0 Å². The number of benzene rings is 1. The molecule has 1 aromatic carbocycles. The number of nitrogens with zero attached hydrogens (tertiary/aromatic N) is 3. The van der Waals surface area contributed by atoms with Crippen molar-refractivity contribution in [3.8, 4) is 0 Å². The largest absolute Gasteiger partial charge is 0.314 e. The van der Waals surface area contributed by atoms with E-state index >= 15 is 0 Å². The highest BCUT2D eigenvalue weighted by Crippen LogP contribution is 2.24. The standard InChI is InChI=1S/C18H23FN4/c19-17-4-3-14(18-16(17)2-1-6-21-18)12-22-9-5-15(13-22)23-10-7-20-8-11-23/h1-4,6,15,20H,5,7-13H2. The second kappa shape index (κ2) is 6.51. The van der Waals surface area contributed by atoms with Crippen LogP contribution >= 0.6 is 0 Å². The summed E-state index contributed by atoms with van der Waals surface area (Å²) in [6, 6.07) is 7.74. The molecule has 4 nitrogen and oxygen atoms in total. The highest BCUT2D eigenvalue weighted by atomic mass is 19.1. The minimum atomic E-state index is -0.183. The minimum Gasteiger partial charge on any atom is -0.314 e. The highest BCUT2D eigenvalue weighted by Gasteiger charge is 2.28. The third-order valence-corrected chi connectivity index (χ3v) is 5.11. The number of pyridine rings is 1. The zero-order valence-corrected chi connectivity index (χ0v) is 13.3. The predicted molar refractivity (Wildman–Crippen MR) is 89.8 cm³/mol. The topological polar surface area (TPSA) is 31.4 Å². The van der Waals surface area contributed by atoms with E-state index in [4.69, 9.17) is 0 Å². The van der Waals surface area contributed by atoms with Crippen LogP contribution in [0.5, 0.6) is 0 Å². The van der Waals surface area contributed by atoms with E-state index in [0.717, 1.165) is 56.9 Å². The van der Waals surface area contributed by atoms with Gasteiger partial charge in [0.05, 0.1) is 5.52 Å². The molecule has 0 radical (unpaired) electrons. The first kappa shape index (κ1) is 15.0. The molecule has 0 bridgehead atoms. The second-order valence-electron chi connectivity index (χ2n) is 6.57. The monoisotopic (exact) mass is 314 g/mol. The fourth-order valence-corrected chi connectivity index (χ4v) is 3.87. The Bertz CT molecular complexity index is 684. The average Bonchev–Trinajstić information content (AvgIpc) is 3.07. The molecule has 1 unspecified atom stereocenters. The van der Waals surface area contributed by atoms with Crippen molar-refractivity contribution in [3.05, 3.63) is 41.8 Å². The third-order valence-electron chi connectivity index (χ3n) is 5.11. The molecule has 1 N–H and O–H groups in total. The van der Waals surface area contributed by atoms with Crippen LogP contribution in [0.15, 0.2) is 30.5 Å². The average molecular weight is 314 g/mol. The predicted octanol–water partition coefficient (Wildman–Crippen LogP) is 1.85. The summed E-state index contributed by atoms with van der Waals surface area (Å²) in [5, 5.41) is 4.04. The van der Waals surface area contributed by atoms with Gasteiger partial charge in [0.2, 0.25) is 0 Å². The lowest BCUT2D eigenvalue weighted by molar-refractivity contribution is 0.170. The van der Waals surface area contributed by atoms with Gasteiger partial charge in [0.1, 0.15) is 5.82 Å². The minimum absolute atomic E-state index is 0.183. The third kappa shape index (κ3) is 3.09. The van der Waals surface area contributed by atoms with E-state index in [1.165, 1.54) is 6.42 Å². The van der Waals surface area contributed by atoms with Gasteiger partial charge in [-0.15, -0.1) is 0 Å². The van der Waals surface area contributed by atoms with Gasteiger partial charge in [0.25, 0.3) is 0 Å². The number of hydrogen-bond donors (Lipinski definition) is 1. The van der Waals surface area contributed by atoms with Gasteiger partial charge >= 0.3 is 0 Å². The van der Waals surface area contributed by atoms with Crippen LogP contribution in [0.2, 0.25) is 0 Å². The first-order valence-electron chi connectivity index (χ1n) is 8.50. The molecule has 2 aromatic rings. The SMILES string of the molecule is Fc1ccc(CN2CCC(N3CCNCC3)C2)c2ncccc12. The van der Waals surface area contributed by atoms with E-state index < -0.39 is 0 Å². The fourth-order valence-electron chi connectivity index (χ4n) is 3.87. The van der Waals surface area contributed by atoms with Gasteiger partial charge in [0, 0.05) is 63.4 Å². The molecular formula is C18H23FN4. The van der Waals surface area contributed by atoms with Crippen molar-refractivity contribution in [3.63, 3.8) is 0 Å². The normalized spacial score (nSPS) is 23.6. The van der Waals surface area contributed by atoms with E-state index in [2.05, 4.69) is 20.1 Å². The zero-order chi connectivity index (χ0) is 15.6. The van der Waals surface area contributed by atoms with Crippen molar-refractivity contribution in [2.75, 3.05) is 39.3 Å². The molecule has 23 heavy (non-hydrogen) atoms. The van der Waals surface area contributed by atoms with E-state index in [1.54, 1.807) is 18.3 Å². The van der Waals surface area contributed by atoms with Crippen LogP contribution in [0, 0.1) is 5.82 Å². The van der Waals surface area contributed by atoms with Crippen molar-refractivity contribution in [2.24, 2.45) is 0 Å². The molecule has 1 aromatic heterocycles. The maximum absolute atomic E-state index is 13.9. The van der Waals surface area contributed by atoms with Gasteiger partial charge < -0.3 is 5.32 Å². The number of likely N-dealkylation sites (tertiary alicyclic amines) is 1. The molecule has 0 spiro atoms. The Morgan fingerprint density at radius 1 is 1.17 bits per heavy atom. The molecular weight excluding hydrogens is 291 g/mol. The number of nitrogens with one attached hydrogen (secondary N) is 1. The Labute approximate surface area is 136 Å². The van der Waals surface area contributed by atoms with E-state index in [-0.39, 0.29) is 5.82 Å². The Morgan fingerprint density at radius 2 is 2.04 bits per heavy atom. The van der Waals surface area contributed by atoms with E-state index in [1.807, 2.05) is 12.1 Å². The summed E-state index contributed by atoms with van der Waals surface area (Å²) < 4.78 is 13.9. The van der Waals surface area contributed by atoms with Crippen LogP contribution in [-0.2, 0) is 6.54 Å². The summed E-state index contributed by atoms with van der Waals surface area (Å²) in [4.78, 5) is 9.50. The van der Waals surface area contributed by atoms with Gasteiger partial charge in [-0.1, -0.05) is 6.07 Å². The first-order chi connectivity index (χ1) is 11.3. The zero-order valence-electron chi connectivity index (χ0n) is 13.3. The van der Waals surface area contributed by atoms with Crippen LogP contribution < -0.4 is 5.32 Å². The fraction of sp³-hybridized carbons (Fsp3) is 0.500. The van der Waals surface area contributed by atoms with E-state index in [0.29, 0.717) is 11.4 Å². The molecule has 1 atom stereocenters. The number of piperazine rings is 1. The van der Waals surface area contributed by atoms with E-state index in [9.17, 15) is 4.39 Å². The highest BCUT2D eigenvalue weighted by molar-refractivity contribution is 5.82. The lowest BCUT2D eigenvalue weighted by Crippen LogP contribution is -2.49. The van der Waals surface area contributed by atoms with Crippen LogP contribution in [0.1, 0.15) is 12.0 Å². The van der Waals surface area contributed by atoms with Crippen molar-refractivity contribution in [2.45, 2.75) is 19.0 Å². The summed E-state index contributed by atoms with van der Waals surface area (Å²) in [6.45, 7) is 7.58. The summed E-state index contributed by atoms with van der Waals surface area (Å²) in [5.74, 6) is -0.183. The molecule has 0 saturated carbocycles. The molecule has 0 amide bonds. The molecule has 2 aliphatic heterocycles. The number of rotatable bonds is 3. The second-order valence-corrected chi connectivity index (χ2v) is 6.57. The molecule has 2 saturated heterocycles. The van der Waals surface area contributed by atoms with Crippen molar-refractivity contribution < 1.29 is 4.39 Å². The Balaban J connectivity index is 1.48. The van der Waals surface area contributed by atoms with Crippen LogP contribution in [0.4, 0.5) is 4.39 Å². The lowest BCUT2D eigenvalue weighted by Gasteiger charge is -2.32. The summed E-state index contributed by atoms with van der Waals surface area (Å²) in [6.07, 6.45) is 2.98. The van der Waals surface area contributed by atoms with Gasteiger partial charge in [-0.25, -0.2) is 4.39 Å². The van der Waals surface area contributed by atoms with Crippen molar-refractivity contribution in [1.82, 2.24) is 20.1 Å². The Kier molecular flexibility index (Phi) is 4.25. The summed E-state index contributed by atoms with van der Waals surface area (Å²) in [5.41, 5.74) is 1.93. The van der Waals surface area contributed by atoms with Gasteiger partial charge in [-0.05, 0) is 30.2 Å². The Hall–Kier alpha value is -1.56. The smallest absolute Gasteiger partial charge is 0.132 e. The number of halogens is 1. The van der Waals surface area contributed by atoms with Crippen molar-refractivity contribution in [1.29, 1.82) is 0 Å². The Morgan fingerprint density at radius 3 is 2.91 bits per heavy atom. The molecule has 5 heteroatoms. The van der Waals surface area contributed by atoms with Crippen molar-refractivity contribution >= 4 is 10.9 Å². The number of hydrogen-bond acceptors (Lipinski definition) is 4. The first-order valence-corrected chi connectivity index (χ1v) is 8.50. The maximum atomic E-state index is 13.9. The lowest BCUT2D eigenvalue weighted by atomic mass is 10.1. The number of aromatic nitrogens is 1. The molecule has 4 rings (SSSR count). The number of fused-ring (bicyclic) bond motifs is 1. The molecule has 2 aliphatic rings. The quantitative estimate of drug-likeness (QED) is 0.937. The van der Waals surface area contributed by atoms with Gasteiger partial charge in [0.15, 0.2) is 0 Å². The summed E-state index contributed by atoms with van der Waals surface area (Å²) >= 11 is 0. The molecule has 122 valence electrons. The molecule has 0 aliphatic carbocycles. The maximum Gasteiger partial charge on any atom is 0.132 e. The van der Waals surface area contributed by atoms with Gasteiger partial charge in [-0.2, -0.15) is 0 Å². The van der Waals surface area contributed by atoms with Crippen LogP contribution in [0.25, 0.3) is 10.9 Å². The van der Waals surface area contributed by atoms with Crippen LogP contribution in [-0.4, -0.2) is 60.1 Å². The summed E-state index contributed by atoms with van der Waals surface area (Å²) in [7, 11) is 0. The molecule has 2 fully saturated rings. The van der Waals surface area contributed by atoms with Gasteiger partial charge in [-0.3, -0.25) is 14.8 Å².